The molecule has 0 bridgehead atoms. The Morgan fingerprint density at radius 1 is 1.03 bits per heavy atom. The van der Waals surface area contributed by atoms with E-state index in [2.05, 4.69) is 12.2 Å². The van der Waals surface area contributed by atoms with Crippen molar-refractivity contribution in [3.8, 4) is 16.9 Å². The molecule has 0 fully saturated rings. The van der Waals surface area contributed by atoms with E-state index >= 15 is 0 Å². The normalized spacial score (nSPS) is 10.5. The van der Waals surface area contributed by atoms with Crippen LogP contribution < -0.4 is 10.1 Å². The molecule has 29 heavy (non-hydrogen) atoms. The minimum absolute atomic E-state index is 0.130. The second kappa shape index (κ2) is 10.5. The molecule has 0 spiro atoms. The highest BCUT2D eigenvalue weighted by molar-refractivity contribution is 5.99. The lowest BCUT2D eigenvalue weighted by Gasteiger charge is -2.09. The number of fused-ring (bicyclic) bond motifs is 1. The zero-order valence-electron chi connectivity index (χ0n) is 17.3. The number of unbranched alkanes of at least 4 members (excludes halogenated alkanes) is 1. The maximum atomic E-state index is 12.0. The quantitative estimate of drug-likeness (QED) is 0.662. The summed E-state index contributed by atoms with van der Waals surface area (Å²) in [4.78, 5) is 35.5. The Kier molecular flexibility index (Phi) is 8.00. The number of carbonyl (C=O) groups is 3. The van der Waals surface area contributed by atoms with Crippen molar-refractivity contribution < 1.29 is 28.6 Å². The number of carbonyl (C=O) groups excluding carboxylic acids is 3. The summed E-state index contributed by atoms with van der Waals surface area (Å²) in [5.74, 6) is -0.355. The fourth-order valence-electron chi connectivity index (χ4n) is 3.10. The fourth-order valence-corrected chi connectivity index (χ4v) is 3.10. The summed E-state index contributed by atoms with van der Waals surface area (Å²) in [5.41, 5.74) is 3.63. The van der Waals surface area contributed by atoms with Crippen LogP contribution in [0.1, 0.15) is 44.7 Å². The van der Waals surface area contributed by atoms with Gasteiger partial charge in [-0.25, -0.2) is 4.79 Å². The molecule has 2 aliphatic carbocycles. The Bertz CT molecular complexity index is 861. The molecule has 156 valence electrons. The molecule has 7 heteroatoms. The van der Waals surface area contributed by atoms with Crippen LogP contribution >= 0.6 is 0 Å². The number of hydrogen-bond donors (Lipinski definition) is 1. The Morgan fingerprint density at radius 3 is 2.31 bits per heavy atom. The first-order chi connectivity index (χ1) is 13.9. The van der Waals surface area contributed by atoms with Gasteiger partial charge in [-0.05, 0) is 36.5 Å². The van der Waals surface area contributed by atoms with E-state index in [1.807, 2.05) is 12.1 Å². The van der Waals surface area contributed by atoms with Gasteiger partial charge in [-0.2, -0.15) is 0 Å². The largest absolute Gasteiger partial charge is 0.513 e. The van der Waals surface area contributed by atoms with Crippen molar-refractivity contribution in [2.24, 2.45) is 0 Å². The molecule has 0 aliphatic heterocycles. The van der Waals surface area contributed by atoms with Gasteiger partial charge in [-0.1, -0.05) is 37.6 Å². The number of amides is 1. The lowest BCUT2D eigenvalue weighted by atomic mass is 10.0. The lowest BCUT2D eigenvalue weighted by Crippen LogP contribution is -2.13. The third kappa shape index (κ3) is 5.70. The summed E-state index contributed by atoms with van der Waals surface area (Å²) in [6, 6.07) is 7.27. The Morgan fingerprint density at radius 2 is 1.72 bits per heavy atom. The molecule has 1 N–H and O–H groups in total. The minimum Gasteiger partial charge on any atom is -0.469 e. The maximum absolute atomic E-state index is 12.0. The van der Waals surface area contributed by atoms with E-state index in [0.717, 1.165) is 29.5 Å². The molecule has 0 saturated carbocycles. The molecular weight excluding hydrogens is 374 g/mol. The van der Waals surface area contributed by atoms with E-state index < -0.39 is 6.16 Å². The van der Waals surface area contributed by atoms with Gasteiger partial charge in [0, 0.05) is 12.5 Å². The van der Waals surface area contributed by atoms with Gasteiger partial charge in [0.05, 0.1) is 25.8 Å². The highest BCUT2D eigenvalue weighted by Crippen LogP contribution is 2.47. The topological polar surface area (TPSA) is 90.9 Å². The predicted molar refractivity (Wildman–Crippen MR) is 109 cm³/mol. The number of rotatable bonds is 8. The second-order valence-corrected chi connectivity index (χ2v) is 6.57. The first-order valence-corrected chi connectivity index (χ1v) is 9.67. The van der Waals surface area contributed by atoms with Gasteiger partial charge < -0.3 is 19.5 Å². The number of ether oxygens (including phenoxy) is 3. The summed E-state index contributed by atoms with van der Waals surface area (Å²) >= 11 is 0. The van der Waals surface area contributed by atoms with E-state index in [1.165, 1.54) is 14.0 Å². The SMILES string of the molecule is CCCCc1c2ccc(CC(=O)OC)ccc-2c(OC(=O)OCC)c1NC(C)=O. The fraction of sp³-hybridized carbons (Fsp3) is 0.409. The molecule has 0 radical (unpaired) electrons. The number of methoxy groups -OCH3 is 1. The average molecular weight is 401 g/mol. The first-order valence-electron chi connectivity index (χ1n) is 9.67. The van der Waals surface area contributed by atoms with Crippen LogP contribution in [0.25, 0.3) is 11.1 Å². The van der Waals surface area contributed by atoms with Gasteiger partial charge in [0.25, 0.3) is 0 Å². The maximum Gasteiger partial charge on any atom is 0.513 e. The Labute approximate surface area is 170 Å². The lowest BCUT2D eigenvalue weighted by molar-refractivity contribution is -0.139. The summed E-state index contributed by atoms with van der Waals surface area (Å²) < 4.78 is 15.1. The highest BCUT2D eigenvalue weighted by atomic mass is 16.7. The third-order valence-electron chi connectivity index (χ3n) is 4.42. The first kappa shape index (κ1) is 22.2. The van der Waals surface area contributed by atoms with Crippen molar-refractivity contribution in [1.29, 1.82) is 0 Å². The van der Waals surface area contributed by atoms with Crippen molar-refractivity contribution >= 4 is 23.7 Å². The molecule has 2 rings (SSSR count). The van der Waals surface area contributed by atoms with Crippen molar-refractivity contribution in [2.45, 2.75) is 46.5 Å². The van der Waals surface area contributed by atoms with E-state index in [0.29, 0.717) is 17.7 Å². The standard InChI is InChI=1S/C22H27NO6/c1-5-7-8-17-16-11-9-15(13-19(25)27-4)10-12-18(16)21(20(17)23-14(3)24)29-22(26)28-6-2/h9-12H,5-8,13H2,1-4H3,(H,23,24). The minimum atomic E-state index is -0.839. The molecular formula is C22H27NO6. The molecule has 2 aliphatic rings. The Hall–Kier alpha value is -3.09. The number of hydrogen-bond acceptors (Lipinski definition) is 6. The molecule has 0 atom stereocenters. The Balaban J connectivity index is 2.63. The van der Waals surface area contributed by atoms with E-state index in [9.17, 15) is 14.4 Å². The van der Waals surface area contributed by atoms with Crippen LogP contribution in [-0.2, 0) is 31.9 Å². The van der Waals surface area contributed by atoms with Crippen LogP contribution in [0.2, 0.25) is 0 Å². The highest BCUT2D eigenvalue weighted by Gasteiger charge is 2.26. The summed E-state index contributed by atoms with van der Waals surface area (Å²) in [5, 5.41) is 2.81. The molecule has 0 unspecified atom stereocenters. The van der Waals surface area contributed by atoms with Crippen molar-refractivity contribution in [1.82, 2.24) is 0 Å². The molecule has 0 aromatic rings. The van der Waals surface area contributed by atoms with Crippen LogP contribution in [0, 0.1) is 0 Å². The van der Waals surface area contributed by atoms with Gasteiger partial charge in [0.15, 0.2) is 5.75 Å². The molecule has 0 aromatic carbocycles. The van der Waals surface area contributed by atoms with E-state index in [1.54, 1.807) is 19.1 Å². The van der Waals surface area contributed by atoms with E-state index in [-0.39, 0.29) is 30.7 Å². The van der Waals surface area contributed by atoms with Crippen LogP contribution in [0.3, 0.4) is 0 Å². The van der Waals surface area contributed by atoms with Gasteiger partial charge in [-0.15, -0.1) is 0 Å². The predicted octanol–water partition coefficient (Wildman–Crippen LogP) is 4.34. The van der Waals surface area contributed by atoms with Crippen molar-refractivity contribution in [2.75, 3.05) is 19.0 Å². The number of anilines is 1. The molecule has 0 saturated heterocycles. The summed E-state index contributed by atoms with van der Waals surface area (Å²) in [6.07, 6.45) is 1.86. The van der Waals surface area contributed by atoms with Crippen LogP contribution in [0.15, 0.2) is 24.3 Å². The molecule has 0 aromatic heterocycles. The van der Waals surface area contributed by atoms with Crippen LogP contribution in [-0.4, -0.2) is 31.7 Å². The van der Waals surface area contributed by atoms with Crippen LogP contribution in [0.5, 0.6) is 5.75 Å². The summed E-state index contributed by atoms with van der Waals surface area (Å²) in [7, 11) is 1.34. The second-order valence-electron chi connectivity index (χ2n) is 6.57. The number of nitrogens with one attached hydrogen (secondary N) is 1. The van der Waals surface area contributed by atoms with Crippen molar-refractivity contribution in [3.63, 3.8) is 0 Å². The zero-order chi connectivity index (χ0) is 21.4. The third-order valence-corrected chi connectivity index (χ3v) is 4.42. The molecule has 1 amide bonds. The molecule has 0 heterocycles. The average Bonchev–Trinajstić information content (AvgIpc) is 2.80. The molecule has 7 nitrogen and oxygen atoms in total. The van der Waals surface area contributed by atoms with Gasteiger partial charge in [0.1, 0.15) is 0 Å². The van der Waals surface area contributed by atoms with Gasteiger partial charge in [0.2, 0.25) is 5.91 Å². The van der Waals surface area contributed by atoms with Gasteiger partial charge in [-0.3, -0.25) is 9.59 Å². The van der Waals surface area contributed by atoms with Gasteiger partial charge >= 0.3 is 12.1 Å². The smallest absolute Gasteiger partial charge is 0.469 e. The zero-order valence-corrected chi connectivity index (χ0v) is 17.3. The van der Waals surface area contributed by atoms with Crippen LogP contribution in [0.4, 0.5) is 10.5 Å². The van der Waals surface area contributed by atoms with E-state index in [4.69, 9.17) is 14.2 Å². The number of esters is 1. The summed E-state index contributed by atoms with van der Waals surface area (Å²) in [6.45, 7) is 5.34. The monoisotopic (exact) mass is 401 g/mol. The van der Waals surface area contributed by atoms with Crippen molar-refractivity contribution in [3.05, 3.63) is 35.4 Å².